The third-order valence-electron chi connectivity index (χ3n) is 8.11. The van der Waals surface area contributed by atoms with E-state index in [2.05, 4.69) is 67.6 Å². The Morgan fingerprint density at radius 2 is 0.622 bits per heavy atom. The Kier molecular flexibility index (Phi) is 38.8. The molecule has 0 unspecified atom stereocenters. The standard InChI is InChI=1S/2C13H30N.C12H27O4P/c2*1-5-6-7-8-9-10-11-12-13-14(2,3)4;1-2-3-4-5-6-7-8-9-10-11-12-16-17(13,14)15/h2*5-13H2,1-4H3;2-12H2,1H3,(H2,13,14,15)/q2*+1;/p-2. The number of hydrogen-bond donors (Lipinski definition) is 0. The number of quaternary nitrogens is 2. The van der Waals surface area contributed by atoms with E-state index in [9.17, 15) is 14.4 Å². The van der Waals surface area contributed by atoms with Crippen molar-refractivity contribution in [3.63, 3.8) is 0 Å². The Bertz CT molecular complexity index is 570. The van der Waals surface area contributed by atoms with Gasteiger partial charge in [-0.1, -0.05) is 156 Å². The van der Waals surface area contributed by atoms with Gasteiger partial charge in [-0.15, -0.1) is 0 Å². The summed E-state index contributed by atoms with van der Waals surface area (Å²) in [6.07, 6.45) is 34.6. The average Bonchev–Trinajstić information content (AvgIpc) is 2.93. The highest BCUT2D eigenvalue weighted by Crippen LogP contribution is 2.24. The molecule has 0 aromatic carbocycles. The van der Waals surface area contributed by atoms with Crippen molar-refractivity contribution in [2.75, 3.05) is 62.0 Å². The van der Waals surface area contributed by atoms with Gasteiger partial charge in [0.2, 0.25) is 0 Å². The van der Waals surface area contributed by atoms with Crippen LogP contribution in [0.3, 0.4) is 0 Å². The lowest BCUT2D eigenvalue weighted by Gasteiger charge is -2.28. The van der Waals surface area contributed by atoms with Crippen LogP contribution < -0.4 is 9.79 Å². The molecule has 0 bridgehead atoms. The van der Waals surface area contributed by atoms with Crippen LogP contribution in [0.1, 0.15) is 188 Å². The van der Waals surface area contributed by atoms with Gasteiger partial charge in [-0.2, -0.15) is 0 Å². The fraction of sp³-hybridized carbons (Fsp3) is 1.00. The molecular weight excluding hydrogens is 579 g/mol. The molecule has 0 heterocycles. The Morgan fingerprint density at radius 1 is 0.400 bits per heavy atom. The molecule has 0 fully saturated rings. The van der Waals surface area contributed by atoms with Crippen LogP contribution in [0.5, 0.6) is 0 Å². The Balaban J connectivity index is -0.000000592. The summed E-state index contributed by atoms with van der Waals surface area (Å²) < 4.78 is 16.5. The highest BCUT2D eigenvalue weighted by Gasteiger charge is 2.05. The van der Waals surface area contributed by atoms with E-state index in [1.54, 1.807) is 0 Å². The Labute approximate surface area is 284 Å². The van der Waals surface area contributed by atoms with E-state index in [1.165, 1.54) is 161 Å². The summed E-state index contributed by atoms with van der Waals surface area (Å²) in [6, 6.07) is 0. The van der Waals surface area contributed by atoms with Crippen LogP contribution in [0, 0.1) is 0 Å². The minimum absolute atomic E-state index is 0.0424. The van der Waals surface area contributed by atoms with Crippen LogP contribution in [-0.4, -0.2) is 70.9 Å². The van der Waals surface area contributed by atoms with Crippen molar-refractivity contribution in [3.8, 4) is 0 Å². The lowest BCUT2D eigenvalue weighted by atomic mass is 10.1. The van der Waals surface area contributed by atoms with Gasteiger partial charge in [0, 0.05) is 0 Å². The lowest BCUT2D eigenvalue weighted by molar-refractivity contribution is -0.870. The SMILES string of the molecule is CCCCCCCCCCCCOP(=O)([O-])[O-].CCCCCCCCCC[N+](C)(C)C.CCCCCCCCCC[N+](C)(C)C. The first kappa shape index (κ1) is 49.4. The molecule has 276 valence electrons. The molecule has 0 aliphatic rings. The van der Waals surface area contributed by atoms with E-state index in [1.807, 2.05) is 0 Å². The first-order valence-electron chi connectivity index (χ1n) is 19.5. The van der Waals surface area contributed by atoms with E-state index >= 15 is 0 Å². The summed E-state index contributed by atoms with van der Waals surface area (Å²) in [4.78, 5) is 20.3. The van der Waals surface area contributed by atoms with Crippen LogP contribution in [-0.2, 0) is 9.09 Å². The zero-order chi connectivity index (χ0) is 34.7. The molecule has 0 aromatic heterocycles. The van der Waals surface area contributed by atoms with Gasteiger partial charge in [-0.25, -0.2) is 0 Å². The molecule has 0 rings (SSSR count). The third-order valence-corrected chi connectivity index (χ3v) is 8.61. The number of nitrogens with zero attached hydrogens (tertiary/aromatic N) is 2. The molecule has 0 N–H and O–H groups in total. The topological polar surface area (TPSA) is 72.4 Å². The van der Waals surface area contributed by atoms with Crippen molar-refractivity contribution < 1.29 is 27.8 Å². The van der Waals surface area contributed by atoms with Crippen LogP contribution >= 0.6 is 7.82 Å². The zero-order valence-electron chi connectivity index (χ0n) is 32.5. The van der Waals surface area contributed by atoms with Gasteiger partial charge < -0.3 is 27.8 Å². The molecule has 7 heteroatoms. The van der Waals surface area contributed by atoms with Gasteiger partial charge in [0.15, 0.2) is 0 Å². The van der Waals surface area contributed by atoms with Crippen LogP contribution in [0.2, 0.25) is 0 Å². The minimum atomic E-state index is -4.74. The normalized spacial score (nSPS) is 12.0. The fourth-order valence-corrected chi connectivity index (χ4v) is 5.56. The lowest BCUT2D eigenvalue weighted by Crippen LogP contribution is -2.35. The molecule has 0 saturated carbocycles. The van der Waals surface area contributed by atoms with Crippen molar-refractivity contribution in [2.45, 2.75) is 188 Å². The molecule has 0 aliphatic heterocycles. The van der Waals surface area contributed by atoms with E-state index in [0.717, 1.165) is 21.8 Å². The second kappa shape index (κ2) is 35.3. The molecule has 6 nitrogen and oxygen atoms in total. The summed E-state index contributed by atoms with van der Waals surface area (Å²) in [5, 5.41) is 0. The maximum atomic E-state index is 10.1. The van der Waals surface area contributed by atoms with Gasteiger partial charge in [0.25, 0.3) is 0 Å². The van der Waals surface area contributed by atoms with Gasteiger partial charge in [-0.3, -0.25) is 0 Å². The molecular formula is C38H85N2O4P. The smallest absolute Gasteiger partial charge is 0.0780 e. The molecule has 0 atom stereocenters. The second-order valence-corrected chi connectivity index (χ2v) is 16.6. The summed E-state index contributed by atoms with van der Waals surface area (Å²) in [6.45, 7) is 9.47. The summed E-state index contributed by atoms with van der Waals surface area (Å²) >= 11 is 0. The van der Waals surface area contributed by atoms with E-state index in [4.69, 9.17) is 0 Å². The predicted molar refractivity (Wildman–Crippen MR) is 196 cm³/mol. The highest BCUT2D eigenvalue weighted by molar-refractivity contribution is 7.43. The van der Waals surface area contributed by atoms with Crippen molar-refractivity contribution in [1.82, 2.24) is 0 Å². The van der Waals surface area contributed by atoms with Crippen LogP contribution in [0.4, 0.5) is 0 Å². The van der Waals surface area contributed by atoms with Gasteiger partial charge >= 0.3 is 0 Å². The maximum absolute atomic E-state index is 10.1. The number of hydrogen-bond acceptors (Lipinski definition) is 4. The average molecular weight is 665 g/mol. The summed E-state index contributed by atoms with van der Waals surface area (Å²) in [5.74, 6) is 0. The van der Waals surface area contributed by atoms with Gasteiger partial charge in [0.05, 0.1) is 69.8 Å². The van der Waals surface area contributed by atoms with Crippen molar-refractivity contribution in [1.29, 1.82) is 0 Å². The summed E-state index contributed by atoms with van der Waals surface area (Å²) in [5.41, 5.74) is 0. The molecule has 0 aromatic rings. The number of phosphoric ester groups is 1. The Morgan fingerprint density at radius 3 is 0.844 bits per heavy atom. The van der Waals surface area contributed by atoms with E-state index in [-0.39, 0.29) is 6.61 Å². The quantitative estimate of drug-likeness (QED) is 0.0435. The summed E-state index contributed by atoms with van der Waals surface area (Å²) in [7, 11) is 8.93. The zero-order valence-corrected chi connectivity index (χ0v) is 33.4. The van der Waals surface area contributed by atoms with Crippen molar-refractivity contribution in [3.05, 3.63) is 0 Å². The Hall–Kier alpha value is 0.0300. The molecule has 0 aliphatic carbocycles. The van der Waals surface area contributed by atoms with Gasteiger partial charge in [-0.05, 0) is 32.1 Å². The van der Waals surface area contributed by atoms with Crippen molar-refractivity contribution >= 4 is 7.82 Å². The molecule has 0 radical (unpaired) electrons. The first-order valence-corrected chi connectivity index (χ1v) is 20.9. The van der Waals surface area contributed by atoms with Crippen LogP contribution in [0.25, 0.3) is 0 Å². The fourth-order valence-electron chi connectivity index (χ4n) is 5.21. The highest BCUT2D eigenvalue weighted by atomic mass is 31.2. The third kappa shape index (κ3) is 59.9. The predicted octanol–water partition coefficient (Wildman–Crippen LogP) is 10.4. The largest absolute Gasteiger partial charge is 0.790 e. The van der Waals surface area contributed by atoms with E-state index < -0.39 is 7.82 Å². The second-order valence-electron chi connectivity index (χ2n) is 15.4. The molecule has 45 heavy (non-hydrogen) atoms. The van der Waals surface area contributed by atoms with Crippen molar-refractivity contribution in [2.24, 2.45) is 0 Å². The first-order chi connectivity index (χ1) is 21.2. The monoisotopic (exact) mass is 665 g/mol. The molecule has 0 spiro atoms. The molecule has 0 amide bonds. The number of unbranched alkanes of at least 4 members (excludes halogenated alkanes) is 23. The van der Waals surface area contributed by atoms with Gasteiger partial charge in [0.1, 0.15) is 0 Å². The maximum Gasteiger partial charge on any atom is 0.0780 e. The molecule has 0 saturated heterocycles. The van der Waals surface area contributed by atoms with E-state index in [0.29, 0.717) is 6.42 Å². The van der Waals surface area contributed by atoms with Crippen LogP contribution in [0.15, 0.2) is 0 Å². The minimum Gasteiger partial charge on any atom is -0.790 e. The number of phosphoric acid groups is 1. The number of rotatable bonds is 30.